The van der Waals surface area contributed by atoms with Gasteiger partial charge < -0.3 is 43.8 Å². The molecule has 288 valence electrons. The van der Waals surface area contributed by atoms with E-state index in [1.165, 1.54) is 20.3 Å². The van der Waals surface area contributed by atoms with Gasteiger partial charge in [0.25, 0.3) is 0 Å². The summed E-state index contributed by atoms with van der Waals surface area (Å²) in [5, 5.41) is 5.23. The number of esters is 2. The first-order valence-corrected chi connectivity index (χ1v) is 17.2. The van der Waals surface area contributed by atoms with Gasteiger partial charge in [-0.2, -0.15) is 0 Å². The van der Waals surface area contributed by atoms with Crippen LogP contribution in [-0.2, 0) is 41.4 Å². The summed E-state index contributed by atoms with van der Waals surface area (Å²) in [7, 11) is 2.76. The fourth-order valence-corrected chi connectivity index (χ4v) is 4.91. The Kier molecular flexibility index (Phi) is 15.8. The summed E-state index contributed by atoms with van der Waals surface area (Å²) in [4.78, 5) is 51.5. The molecule has 13 nitrogen and oxygen atoms in total. The number of rotatable bonds is 16. The first kappa shape index (κ1) is 43.2. The first-order chi connectivity index (χ1) is 24.2. The molecule has 0 radical (unpaired) electrons. The van der Waals surface area contributed by atoms with Crippen molar-refractivity contribution in [2.24, 2.45) is 0 Å². The minimum atomic E-state index is -1.14. The normalized spacial score (nSPS) is 12.7. The predicted molar refractivity (Wildman–Crippen MR) is 197 cm³/mol. The van der Waals surface area contributed by atoms with Gasteiger partial charge in [-0.3, -0.25) is 0 Å². The van der Waals surface area contributed by atoms with Crippen LogP contribution in [0, 0.1) is 0 Å². The third kappa shape index (κ3) is 14.4. The summed E-state index contributed by atoms with van der Waals surface area (Å²) in [6.45, 7) is 21.4. The molecule has 2 N–H and O–H groups in total. The highest BCUT2D eigenvalue weighted by atomic mass is 16.6. The van der Waals surface area contributed by atoms with Gasteiger partial charge in [0, 0.05) is 24.0 Å². The number of hydrogen-bond acceptors (Lipinski definition) is 11. The number of amides is 2. The molecule has 0 heterocycles. The summed E-state index contributed by atoms with van der Waals surface area (Å²) in [5.74, 6) is -0.0563. The molecule has 0 saturated heterocycles. The highest BCUT2D eigenvalue weighted by Gasteiger charge is 2.30. The lowest BCUT2D eigenvalue weighted by Crippen LogP contribution is -2.45. The van der Waals surface area contributed by atoms with E-state index in [9.17, 15) is 19.2 Å². The quantitative estimate of drug-likeness (QED) is 0.108. The van der Waals surface area contributed by atoms with Gasteiger partial charge in [-0.25, -0.2) is 19.2 Å². The average molecular weight is 729 g/mol. The predicted octanol–water partition coefficient (Wildman–Crippen LogP) is 6.71. The van der Waals surface area contributed by atoms with Gasteiger partial charge in [0.05, 0.1) is 26.4 Å². The number of ether oxygens (including phenoxy) is 7. The van der Waals surface area contributed by atoms with Crippen molar-refractivity contribution in [2.75, 3.05) is 20.8 Å². The van der Waals surface area contributed by atoms with Crippen LogP contribution in [0.4, 0.5) is 9.59 Å². The van der Waals surface area contributed by atoms with Gasteiger partial charge in [-0.05, 0) is 105 Å². The number of benzene rings is 2. The average Bonchev–Trinajstić information content (AvgIpc) is 3.01. The zero-order valence-electron chi connectivity index (χ0n) is 32.6. The topological polar surface area (TPSA) is 157 Å². The molecular weight excluding hydrogens is 672 g/mol. The molecule has 0 aromatic heterocycles. The zero-order chi connectivity index (χ0) is 39.4. The molecule has 2 aromatic carbocycles. The van der Waals surface area contributed by atoms with E-state index in [0.29, 0.717) is 39.5 Å². The van der Waals surface area contributed by atoms with E-state index < -0.39 is 47.4 Å². The maximum atomic E-state index is 13.4. The Morgan fingerprint density at radius 1 is 0.712 bits per heavy atom. The minimum absolute atomic E-state index is 0.00620. The van der Waals surface area contributed by atoms with Crippen LogP contribution in [-0.4, -0.2) is 80.4 Å². The second-order valence-corrected chi connectivity index (χ2v) is 14.6. The lowest BCUT2D eigenvalue weighted by Gasteiger charge is -2.26. The fourth-order valence-electron chi connectivity index (χ4n) is 4.91. The van der Waals surface area contributed by atoms with Crippen molar-refractivity contribution in [3.05, 3.63) is 54.1 Å². The van der Waals surface area contributed by atoms with Crippen molar-refractivity contribution in [3.63, 3.8) is 0 Å². The van der Waals surface area contributed by atoms with Gasteiger partial charge in [0.15, 0.2) is 11.5 Å². The van der Waals surface area contributed by atoms with Crippen LogP contribution in [0.1, 0.15) is 80.4 Å². The molecular formula is C39H56N2O11. The van der Waals surface area contributed by atoms with E-state index in [2.05, 4.69) is 17.2 Å². The van der Waals surface area contributed by atoms with Crippen molar-refractivity contribution in [2.45, 2.75) is 118 Å². The third-order valence-electron chi connectivity index (χ3n) is 6.76. The maximum Gasteiger partial charge on any atom is 0.408 e. The molecule has 13 heteroatoms. The molecule has 0 unspecified atom stereocenters. The molecule has 0 saturated carbocycles. The molecule has 0 fully saturated rings. The van der Waals surface area contributed by atoms with Crippen LogP contribution in [0.3, 0.4) is 0 Å². The van der Waals surface area contributed by atoms with Crippen LogP contribution in [0.15, 0.2) is 43.0 Å². The number of alkyl carbamates (subject to hydrolysis) is 2. The van der Waals surface area contributed by atoms with Crippen molar-refractivity contribution >= 4 is 24.1 Å². The van der Waals surface area contributed by atoms with Crippen LogP contribution in [0.5, 0.6) is 17.2 Å². The van der Waals surface area contributed by atoms with Crippen LogP contribution >= 0.6 is 0 Å². The van der Waals surface area contributed by atoms with Crippen LogP contribution in [0.2, 0.25) is 0 Å². The van der Waals surface area contributed by atoms with E-state index in [0.717, 1.165) is 0 Å². The second-order valence-electron chi connectivity index (χ2n) is 14.6. The minimum Gasteiger partial charge on any atom is -0.496 e. The molecule has 52 heavy (non-hydrogen) atoms. The highest BCUT2D eigenvalue weighted by molar-refractivity contribution is 5.84. The molecule has 2 rings (SSSR count). The Labute approximate surface area is 307 Å². The summed E-state index contributed by atoms with van der Waals surface area (Å²) >= 11 is 0. The Hall–Kier alpha value is -4.94. The summed E-state index contributed by atoms with van der Waals surface area (Å²) in [6, 6.07) is 6.68. The molecule has 2 aromatic rings. The van der Waals surface area contributed by atoms with E-state index in [1.54, 1.807) is 59.7 Å². The number of nitrogens with one attached hydrogen (secondary N) is 2. The molecule has 0 aliphatic heterocycles. The summed E-state index contributed by atoms with van der Waals surface area (Å²) in [6.07, 6.45) is -0.661. The fraction of sp³-hybridized carbons (Fsp3) is 0.538. The van der Waals surface area contributed by atoms with Crippen LogP contribution in [0.25, 0.3) is 11.1 Å². The smallest absolute Gasteiger partial charge is 0.408 e. The highest BCUT2D eigenvalue weighted by Crippen LogP contribution is 2.44. The van der Waals surface area contributed by atoms with E-state index in [4.69, 9.17) is 33.2 Å². The van der Waals surface area contributed by atoms with Gasteiger partial charge in [0.1, 0.15) is 35.6 Å². The second kappa shape index (κ2) is 19.1. The molecule has 0 bridgehead atoms. The van der Waals surface area contributed by atoms with Gasteiger partial charge in [0.2, 0.25) is 0 Å². The van der Waals surface area contributed by atoms with Crippen molar-refractivity contribution in [1.29, 1.82) is 0 Å². The van der Waals surface area contributed by atoms with E-state index >= 15 is 0 Å². The van der Waals surface area contributed by atoms with Gasteiger partial charge >= 0.3 is 24.1 Å². The van der Waals surface area contributed by atoms with Gasteiger partial charge in [-0.1, -0.05) is 18.7 Å². The molecule has 0 aliphatic carbocycles. The van der Waals surface area contributed by atoms with E-state index in [-0.39, 0.29) is 31.7 Å². The summed E-state index contributed by atoms with van der Waals surface area (Å²) < 4.78 is 39.6. The number of carbonyl (C=O) groups is 4. The Bertz CT molecular complexity index is 1550. The Morgan fingerprint density at radius 3 is 1.81 bits per heavy atom. The van der Waals surface area contributed by atoms with Crippen molar-refractivity contribution in [1.82, 2.24) is 10.6 Å². The summed E-state index contributed by atoms with van der Waals surface area (Å²) in [5.41, 5.74) is 0.741. The van der Waals surface area contributed by atoms with Crippen LogP contribution < -0.4 is 24.8 Å². The van der Waals surface area contributed by atoms with Crippen molar-refractivity contribution < 1.29 is 52.3 Å². The molecule has 0 aliphatic rings. The largest absolute Gasteiger partial charge is 0.496 e. The lowest BCUT2D eigenvalue weighted by molar-refractivity contribution is -0.157. The third-order valence-corrected chi connectivity index (χ3v) is 6.76. The number of methoxy groups -OCH3 is 2. The monoisotopic (exact) mass is 728 g/mol. The lowest BCUT2D eigenvalue weighted by atomic mass is 9.94. The van der Waals surface area contributed by atoms with Crippen molar-refractivity contribution in [3.8, 4) is 28.4 Å². The molecule has 2 amide bonds. The molecule has 2 atom stereocenters. The van der Waals surface area contributed by atoms with E-state index in [1.807, 2.05) is 39.8 Å². The molecule has 0 spiro atoms. The Balaban J connectivity index is 2.79. The van der Waals surface area contributed by atoms with Gasteiger partial charge in [-0.15, -0.1) is 0 Å². The first-order valence-electron chi connectivity index (χ1n) is 17.2. The number of hydrogen-bond donors (Lipinski definition) is 2. The SMILES string of the molecule is C=CCOC(=O)N[C@@H](Cc1cc(OC(C)C)c(OC(C)C)c(-c2cc(C[C@H](NC(=O)OC(C)(C)C)C(=O)OC)ccc2OC)c1)C(=O)OC(C)(C)C. The zero-order valence-corrected chi connectivity index (χ0v) is 32.6. The Morgan fingerprint density at radius 2 is 1.27 bits per heavy atom. The standard InChI is InChI=1S/C39H56N2O11/c1-14-17-48-36(44)40-30(35(43)51-38(6,7)8)21-26-19-28(33(50-24(4)5)32(22-26)49-23(2)3)27-18-25(15-16-31(27)46-12)20-29(34(42)47-13)41-37(45)52-39(9,10)11/h14-16,18-19,22-24,29-30H,1,17,20-21H2,2-13H3,(H,40,44)(H,41,45)/t29-,30-/m0/s1. The maximum absolute atomic E-state index is 13.4. The number of carbonyl (C=O) groups excluding carboxylic acids is 4.